The number of furan rings is 1. The molecule has 1 aromatic heterocycles. The Balaban J connectivity index is 1.45. The number of rotatable bonds is 9. The number of quaternary nitrogens is 1. The smallest absolute Gasteiger partial charge is 0.264 e. The lowest BCUT2D eigenvalue weighted by Gasteiger charge is -2.30. The van der Waals surface area contributed by atoms with Gasteiger partial charge in [0.15, 0.2) is 11.8 Å². The van der Waals surface area contributed by atoms with Gasteiger partial charge in [0.05, 0.1) is 43.6 Å². The molecule has 9 heteroatoms. The molecule has 1 aliphatic heterocycles. The summed E-state index contributed by atoms with van der Waals surface area (Å²) in [5.74, 6) is 1.07. The van der Waals surface area contributed by atoms with Crippen LogP contribution in [0.5, 0.6) is 5.75 Å². The lowest BCUT2D eigenvalue weighted by Crippen LogP contribution is -3.13. The van der Waals surface area contributed by atoms with Crippen molar-refractivity contribution in [1.82, 2.24) is 5.32 Å². The molecular weight excluding hydrogens is 466 g/mol. The number of methoxy groups -OCH3 is 1. The molecule has 0 radical (unpaired) electrons. The summed E-state index contributed by atoms with van der Waals surface area (Å²) in [6.07, 6.45) is 5.23. The number of nitrogens with one attached hydrogen (secondary N) is 2. The highest BCUT2D eigenvalue weighted by Crippen LogP contribution is 2.30. The molecule has 2 aromatic carbocycles. The fourth-order valence-corrected chi connectivity index (χ4v) is 5.75. The summed E-state index contributed by atoms with van der Waals surface area (Å²) >= 11 is 0. The fraction of sp³-hybridized carbons (Fsp3) is 0.346. The Bertz CT molecular complexity index is 1220. The molecule has 3 aromatic rings. The molecule has 4 rings (SSSR count). The SMILES string of the molecule is COc1ccccc1N(C)S(=O)(=O)c1ccc(C(=O)NC[C@@H](c2ccco2)[NH+]2CCCCC2)cc1. The van der Waals surface area contributed by atoms with Crippen LogP contribution in [0.15, 0.2) is 76.2 Å². The van der Waals surface area contributed by atoms with Crippen molar-refractivity contribution in [2.45, 2.75) is 30.2 Å². The number of para-hydroxylation sites is 2. The molecule has 0 bridgehead atoms. The Morgan fingerprint density at radius 3 is 2.43 bits per heavy atom. The summed E-state index contributed by atoms with van der Waals surface area (Å²) in [4.78, 5) is 14.4. The number of hydrogen-bond donors (Lipinski definition) is 2. The van der Waals surface area contributed by atoms with Crippen LogP contribution >= 0.6 is 0 Å². The van der Waals surface area contributed by atoms with Crippen LogP contribution in [0.25, 0.3) is 0 Å². The lowest BCUT2D eigenvalue weighted by molar-refractivity contribution is -0.936. The van der Waals surface area contributed by atoms with Gasteiger partial charge in [0.2, 0.25) is 0 Å². The third-order valence-corrected chi connectivity index (χ3v) is 8.33. The van der Waals surface area contributed by atoms with Crippen LogP contribution in [0.3, 0.4) is 0 Å². The summed E-state index contributed by atoms with van der Waals surface area (Å²) in [5, 5.41) is 3.01. The van der Waals surface area contributed by atoms with Crippen molar-refractivity contribution in [3.63, 3.8) is 0 Å². The molecular formula is C26H32N3O5S+. The van der Waals surface area contributed by atoms with E-state index in [4.69, 9.17) is 9.15 Å². The second kappa shape index (κ2) is 11.0. The van der Waals surface area contributed by atoms with E-state index in [1.54, 1.807) is 30.5 Å². The highest BCUT2D eigenvalue weighted by atomic mass is 32.2. The zero-order valence-corrected chi connectivity index (χ0v) is 20.9. The van der Waals surface area contributed by atoms with Gasteiger partial charge in [-0.3, -0.25) is 9.10 Å². The molecule has 1 atom stereocenters. The van der Waals surface area contributed by atoms with E-state index in [9.17, 15) is 13.2 Å². The zero-order chi connectivity index (χ0) is 24.8. The second-order valence-corrected chi connectivity index (χ2v) is 10.6. The first kappa shape index (κ1) is 24.8. The maximum Gasteiger partial charge on any atom is 0.264 e. The van der Waals surface area contributed by atoms with E-state index in [0.29, 0.717) is 23.5 Å². The van der Waals surface area contributed by atoms with Crippen LogP contribution in [0.1, 0.15) is 41.4 Å². The molecule has 8 nitrogen and oxygen atoms in total. The molecule has 1 saturated heterocycles. The molecule has 0 aliphatic carbocycles. The normalized spacial score (nSPS) is 15.4. The Morgan fingerprint density at radius 1 is 1.06 bits per heavy atom. The largest absolute Gasteiger partial charge is 0.495 e. The highest BCUT2D eigenvalue weighted by Gasteiger charge is 2.29. The molecule has 186 valence electrons. The number of amides is 1. The lowest BCUT2D eigenvalue weighted by atomic mass is 10.1. The number of likely N-dealkylation sites (tertiary alicyclic amines) is 1. The monoisotopic (exact) mass is 498 g/mol. The van der Waals surface area contributed by atoms with Gasteiger partial charge >= 0.3 is 0 Å². The molecule has 2 N–H and O–H groups in total. The third kappa shape index (κ3) is 5.52. The van der Waals surface area contributed by atoms with E-state index >= 15 is 0 Å². The van der Waals surface area contributed by atoms with E-state index in [2.05, 4.69) is 5.32 Å². The Labute approximate surface area is 206 Å². The van der Waals surface area contributed by atoms with Crippen molar-refractivity contribution in [2.24, 2.45) is 0 Å². The van der Waals surface area contributed by atoms with Gasteiger partial charge in [-0.05, 0) is 67.8 Å². The minimum Gasteiger partial charge on any atom is -0.495 e. The maximum absolute atomic E-state index is 13.2. The van der Waals surface area contributed by atoms with Crippen LogP contribution < -0.4 is 19.3 Å². The number of sulfonamides is 1. The van der Waals surface area contributed by atoms with Gasteiger partial charge in [0.25, 0.3) is 15.9 Å². The van der Waals surface area contributed by atoms with Crippen LogP contribution in [0, 0.1) is 0 Å². The summed E-state index contributed by atoms with van der Waals surface area (Å²) in [6, 6.07) is 16.8. The quantitative estimate of drug-likeness (QED) is 0.473. The number of benzene rings is 2. The third-order valence-electron chi connectivity index (χ3n) is 6.54. The second-order valence-electron chi connectivity index (χ2n) is 8.67. The Hall–Kier alpha value is -3.30. The number of hydrogen-bond acceptors (Lipinski definition) is 5. The van der Waals surface area contributed by atoms with Crippen LogP contribution in [-0.4, -0.2) is 48.1 Å². The molecule has 1 aliphatic rings. The van der Waals surface area contributed by atoms with Crippen molar-refractivity contribution in [3.05, 3.63) is 78.3 Å². The average molecular weight is 499 g/mol. The maximum atomic E-state index is 13.2. The number of ether oxygens (including phenoxy) is 1. The van der Waals surface area contributed by atoms with Crippen molar-refractivity contribution in [1.29, 1.82) is 0 Å². The van der Waals surface area contributed by atoms with Crippen LogP contribution in [-0.2, 0) is 10.0 Å². The highest BCUT2D eigenvalue weighted by molar-refractivity contribution is 7.92. The standard InChI is InChI=1S/C26H31N3O5S/c1-28(22-9-4-5-10-24(22)33-2)35(31,32)21-14-12-20(13-15-21)26(30)27-19-23(25-11-8-18-34-25)29-16-6-3-7-17-29/h4-5,8-15,18,23H,3,6-7,16-17,19H2,1-2H3,(H,27,30)/p+1/t23-/m0/s1. The van der Waals surface area contributed by atoms with E-state index in [1.807, 2.05) is 12.1 Å². The molecule has 0 saturated carbocycles. The van der Waals surface area contributed by atoms with E-state index < -0.39 is 10.0 Å². The zero-order valence-electron chi connectivity index (χ0n) is 20.1. The van der Waals surface area contributed by atoms with Gasteiger partial charge in [-0.15, -0.1) is 0 Å². The molecule has 1 fully saturated rings. The fourth-order valence-electron chi connectivity index (χ4n) is 4.54. The number of piperidine rings is 1. The number of carbonyl (C=O) groups is 1. The predicted molar refractivity (Wildman–Crippen MR) is 133 cm³/mol. The summed E-state index contributed by atoms with van der Waals surface area (Å²) in [5.41, 5.74) is 0.830. The number of nitrogens with zero attached hydrogens (tertiary/aromatic N) is 1. The van der Waals surface area contributed by atoms with Gasteiger partial charge in [-0.1, -0.05) is 12.1 Å². The van der Waals surface area contributed by atoms with Gasteiger partial charge in [0.1, 0.15) is 5.75 Å². The number of carbonyl (C=O) groups excluding carboxylic acids is 1. The molecule has 35 heavy (non-hydrogen) atoms. The van der Waals surface area contributed by atoms with Gasteiger partial charge in [0, 0.05) is 12.6 Å². The van der Waals surface area contributed by atoms with Gasteiger partial charge in [-0.2, -0.15) is 0 Å². The van der Waals surface area contributed by atoms with Crippen LogP contribution in [0.4, 0.5) is 5.69 Å². The summed E-state index contributed by atoms with van der Waals surface area (Å²) < 4.78 is 38.5. The summed E-state index contributed by atoms with van der Waals surface area (Å²) in [7, 11) is -0.857. The molecule has 1 amide bonds. The van der Waals surface area contributed by atoms with Gasteiger partial charge < -0.3 is 19.4 Å². The van der Waals surface area contributed by atoms with Crippen molar-refractivity contribution < 1.29 is 27.3 Å². The predicted octanol–water partition coefficient (Wildman–Crippen LogP) is 2.65. The first-order valence-corrected chi connectivity index (χ1v) is 13.2. The average Bonchev–Trinajstić information content (AvgIpc) is 3.43. The van der Waals surface area contributed by atoms with E-state index in [1.165, 1.54) is 66.9 Å². The van der Waals surface area contributed by atoms with Crippen LogP contribution in [0.2, 0.25) is 0 Å². The molecule has 2 heterocycles. The first-order valence-electron chi connectivity index (χ1n) is 11.8. The molecule has 0 spiro atoms. The topological polar surface area (TPSA) is 93.3 Å². The number of anilines is 1. The first-order chi connectivity index (χ1) is 16.9. The minimum atomic E-state index is -3.83. The van der Waals surface area contributed by atoms with Crippen molar-refractivity contribution in [2.75, 3.05) is 38.1 Å². The summed E-state index contributed by atoms with van der Waals surface area (Å²) in [6.45, 7) is 2.54. The molecule has 0 unspecified atom stereocenters. The van der Waals surface area contributed by atoms with Crippen molar-refractivity contribution >= 4 is 21.6 Å². The van der Waals surface area contributed by atoms with E-state index in [0.717, 1.165) is 18.8 Å². The van der Waals surface area contributed by atoms with E-state index in [-0.39, 0.29) is 16.8 Å². The Morgan fingerprint density at radius 2 is 1.77 bits per heavy atom. The Kier molecular flexibility index (Phi) is 7.77. The van der Waals surface area contributed by atoms with Gasteiger partial charge in [-0.25, -0.2) is 8.42 Å². The minimum absolute atomic E-state index is 0.0448. The van der Waals surface area contributed by atoms with Crippen molar-refractivity contribution in [3.8, 4) is 5.75 Å².